The van der Waals surface area contributed by atoms with Gasteiger partial charge in [0.25, 0.3) is 11.6 Å². The summed E-state index contributed by atoms with van der Waals surface area (Å²) in [6, 6.07) is 29.5. The van der Waals surface area contributed by atoms with Crippen molar-refractivity contribution in [2.75, 3.05) is 5.01 Å². The van der Waals surface area contributed by atoms with Gasteiger partial charge in [-0.05, 0) is 53.9 Å². The highest BCUT2D eigenvalue weighted by atomic mass is 35.5. The van der Waals surface area contributed by atoms with E-state index in [9.17, 15) is 14.9 Å². The monoisotopic (exact) mass is 537 g/mol. The van der Waals surface area contributed by atoms with E-state index in [1.165, 1.54) is 30.0 Å². The average Bonchev–Trinajstić information content (AvgIpc) is 3.39. The number of nitro benzene ring substituents is 1. The van der Waals surface area contributed by atoms with E-state index in [1.807, 2.05) is 53.5 Å². The van der Waals surface area contributed by atoms with Crippen LogP contribution in [0.15, 0.2) is 107 Å². The second-order valence-electron chi connectivity index (χ2n) is 9.09. The zero-order valence-electron chi connectivity index (χ0n) is 21.0. The van der Waals surface area contributed by atoms with Crippen LogP contribution < -0.4 is 10.4 Å². The molecule has 4 aromatic carbocycles. The summed E-state index contributed by atoms with van der Waals surface area (Å²) < 4.78 is 0. The van der Waals surface area contributed by atoms with Gasteiger partial charge in [0.1, 0.15) is 5.56 Å². The highest BCUT2D eigenvalue weighted by Gasteiger charge is 2.30. The Bertz CT molecular complexity index is 1570. The highest BCUT2D eigenvalue weighted by Crippen LogP contribution is 2.37. The summed E-state index contributed by atoms with van der Waals surface area (Å²) >= 11 is 6.14. The molecule has 1 aliphatic heterocycles. The summed E-state index contributed by atoms with van der Waals surface area (Å²) in [6.45, 7) is 2.06. The van der Waals surface area contributed by atoms with Crippen molar-refractivity contribution in [2.24, 2.45) is 10.2 Å². The first-order chi connectivity index (χ1) is 18.9. The second kappa shape index (κ2) is 11.3. The fraction of sp³-hybridized carbons (Fsp3) is 0.100. The molecular weight excluding hydrogens is 514 g/mol. The van der Waals surface area contributed by atoms with Crippen LogP contribution in [-0.4, -0.2) is 22.8 Å². The molecule has 1 N–H and O–H groups in total. The van der Waals surface area contributed by atoms with Crippen LogP contribution >= 0.6 is 11.6 Å². The summed E-state index contributed by atoms with van der Waals surface area (Å²) in [6.07, 6.45) is 2.23. The number of nitro groups is 1. The van der Waals surface area contributed by atoms with Crippen molar-refractivity contribution in [3.63, 3.8) is 0 Å². The van der Waals surface area contributed by atoms with Crippen molar-refractivity contribution in [3.8, 4) is 0 Å². The van der Waals surface area contributed by atoms with E-state index in [1.54, 1.807) is 6.07 Å². The van der Waals surface area contributed by atoms with Gasteiger partial charge in [0.2, 0.25) is 0 Å². The molecule has 0 aromatic heterocycles. The highest BCUT2D eigenvalue weighted by molar-refractivity contribution is 6.30. The molecule has 1 heterocycles. The molecule has 5 rings (SSSR count). The van der Waals surface area contributed by atoms with E-state index in [0.717, 1.165) is 34.5 Å². The van der Waals surface area contributed by atoms with Gasteiger partial charge in [-0.15, -0.1) is 0 Å². The Morgan fingerprint density at radius 3 is 2.41 bits per heavy atom. The number of anilines is 1. The molecule has 0 radical (unpaired) electrons. The molecule has 4 aromatic rings. The molecule has 0 unspecified atom stereocenters. The topological polar surface area (TPSA) is 100 Å². The van der Waals surface area contributed by atoms with Crippen LogP contribution in [-0.2, 0) is 0 Å². The molecule has 0 aliphatic carbocycles. The molecule has 1 atom stereocenters. The van der Waals surface area contributed by atoms with E-state index >= 15 is 0 Å². The fourth-order valence-electron chi connectivity index (χ4n) is 4.38. The third-order valence-electron chi connectivity index (χ3n) is 6.43. The van der Waals surface area contributed by atoms with Crippen molar-refractivity contribution < 1.29 is 9.72 Å². The fourth-order valence-corrected chi connectivity index (χ4v) is 4.50. The molecule has 194 valence electrons. The van der Waals surface area contributed by atoms with Crippen molar-refractivity contribution in [2.45, 2.75) is 19.4 Å². The third-order valence-corrected chi connectivity index (χ3v) is 6.68. The van der Waals surface area contributed by atoms with E-state index in [-0.39, 0.29) is 17.3 Å². The predicted molar refractivity (Wildman–Crippen MR) is 154 cm³/mol. The predicted octanol–water partition coefficient (Wildman–Crippen LogP) is 6.68. The van der Waals surface area contributed by atoms with Crippen molar-refractivity contribution in [3.05, 3.63) is 140 Å². The molecule has 0 fully saturated rings. The van der Waals surface area contributed by atoms with Crippen LogP contribution in [0.1, 0.15) is 45.1 Å². The zero-order valence-corrected chi connectivity index (χ0v) is 21.7. The third kappa shape index (κ3) is 5.86. The van der Waals surface area contributed by atoms with E-state index in [2.05, 4.69) is 41.7 Å². The minimum absolute atomic E-state index is 0.000891. The largest absolute Gasteiger partial charge is 0.282 e. The second-order valence-corrected chi connectivity index (χ2v) is 9.53. The molecular formula is C30H24ClN5O3. The molecule has 8 nitrogen and oxygen atoms in total. The number of hydrogen-bond donors (Lipinski definition) is 1. The molecule has 0 saturated carbocycles. The minimum atomic E-state index is -0.656. The van der Waals surface area contributed by atoms with E-state index < -0.39 is 10.8 Å². The Balaban J connectivity index is 1.35. The molecule has 0 saturated heterocycles. The van der Waals surface area contributed by atoms with Gasteiger partial charge in [0.05, 0.1) is 28.6 Å². The summed E-state index contributed by atoms with van der Waals surface area (Å²) in [5.41, 5.74) is 8.05. The number of amides is 1. The van der Waals surface area contributed by atoms with Crippen LogP contribution in [0.2, 0.25) is 5.02 Å². The lowest BCUT2D eigenvalue weighted by molar-refractivity contribution is -0.385. The quantitative estimate of drug-likeness (QED) is 0.161. The molecule has 9 heteroatoms. The maximum absolute atomic E-state index is 12.4. The van der Waals surface area contributed by atoms with Crippen LogP contribution in [0, 0.1) is 17.0 Å². The first-order valence-electron chi connectivity index (χ1n) is 12.2. The van der Waals surface area contributed by atoms with E-state index in [4.69, 9.17) is 16.7 Å². The summed E-state index contributed by atoms with van der Waals surface area (Å²) in [5.74, 6) is -0.656. The Morgan fingerprint density at radius 2 is 1.72 bits per heavy atom. The number of para-hydroxylation sites is 1. The number of nitrogens with one attached hydrogen (secondary N) is 1. The van der Waals surface area contributed by atoms with Gasteiger partial charge in [0.15, 0.2) is 0 Å². The summed E-state index contributed by atoms with van der Waals surface area (Å²) in [7, 11) is 0. The van der Waals surface area contributed by atoms with Crippen molar-refractivity contribution >= 4 is 40.8 Å². The number of hydrogen-bond acceptors (Lipinski definition) is 6. The number of aryl methyl sites for hydroxylation is 1. The minimum Gasteiger partial charge on any atom is -0.267 e. The number of hydrazone groups is 2. The van der Waals surface area contributed by atoms with Crippen LogP contribution in [0.25, 0.3) is 0 Å². The normalized spacial score (nSPS) is 14.9. The van der Waals surface area contributed by atoms with Gasteiger partial charge in [-0.25, -0.2) is 5.43 Å². The van der Waals surface area contributed by atoms with E-state index in [0.29, 0.717) is 5.02 Å². The van der Waals surface area contributed by atoms with Gasteiger partial charge in [0, 0.05) is 17.5 Å². The van der Waals surface area contributed by atoms with Crippen molar-refractivity contribution in [1.29, 1.82) is 0 Å². The number of rotatable bonds is 7. The SMILES string of the molecule is Cc1ccc(C2=NN(c3ccc(C=NNC(=O)c4ccccc4[N+](=O)[O-])cc3)[C@@H](c3ccc(Cl)cc3)C2)cc1. The Labute approximate surface area is 230 Å². The summed E-state index contributed by atoms with van der Waals surface area (Å²) in [5, 5.41) is 22.8. The number of carbonyl (C=O) groups excluding carboxylic acids is 1. The summed E-state index contributed by atoms with van der Waals surface area (Å²) in [4.78, 5) is 23.0. The number of halogens is 1. The molecule has 1 amide bonds. The maximum Gasteiger partial charge on any atom is 0.282 e. The Kier molecular flexibility index (Phi) is 7.47. The first kappa shape index (κ1) is 25.8. The number of nitrogens with zero attached hydrogens (tertiary/aromatic N) is 4. The standard InChI is InChI=1S/C30H24ClN5O3/c1-20-6-10-22(11-7-20)27-18-29(23-12-14-24(31)15-13-23)35(34-27)25-16-8-21(9-17-25)19-32-33-30(37)26-4-2-3-5-28(26)36(38)39/h2-17,19,29H,18H2,1H3,(H,33,37)/t29-/m1/s1. The number of carbonyl (C=O) groups is 1. The smallest absolute Gasteiger partial charge is 0.267 e. The lowest BCUT2D eigenvalue weighted by Crippen LogP contribution is -2.19. The zero-order chi connectivity index (χ0) is 27.4. The van der Waals surface area contributed by atoms with Gasteiger partial charge in [-0.3, -0.25) is 19.9 Å². The number of benzene rings is 4. The Morgan fingerprint density at radius 1 is 1.03 bits per heavy atom. The van der Waals surface area contributed by atoms with Crippen LogP contribution in [0.4, 0.5) is 11.4 Å². The molecule has 0 bridgehead atoms. The lowest BCUT2D eigenvalue weighted by atomic mass is 9.98. The van der Waals surface area contributed by atoms with Crippen LogP contribution in [0.5, 0.6) is 0 Å². The maximum atomic E-state index is 12.4. The van der Waals surface area contributed by atoms with Gasteiger partial charge in [-0.1, -0.05) is 77.8 Å². The molecule has 39 heavy (non-hydrogen) atoms. The van der Waals surface area contributed by atoms with Gasteiger partial charge < -0.3 is 0 Å². The van der Waals surface area contributed by atoms with Gasteiger partial charge >= 0.3 is 0 Å². The Hall–Kier alpha value is -4.82. The first-order valence-corrected chi connectivity index (χ1v) is 12.6. The average molecular weight is 538 g/mol. The van der Waals surface area contributed by atoms with Gasteiger partial charge in [-0.2, -0.15) is 10.2 Å². The molecule has 0 spiro atoms. The lowest BCUT2D eigenvalue weighted by Gasteiger charge is -2.24. The molecule has 1 aliphatic rings. The van der Waals surface area contributed by atoms with Crippen LogP contribution in [0.3, 0.4) is 0 Å². The van der Waals surface area contributed by atoms with Crippen molar-refractivity contribution in [1.82, 2.24) is 5.43 Å².